The molecule has 0 radical (unpaired) electrons. The normalized spacial score (nSPS) is 22.2. The lowest BCUT2D eigenvalue weighted by atomic mass is 10.1. The summed E-state index contributed by atoms with van der Waals surface area (Å²) in [5.74, 6) is -0.708. The second kappa shape index (κ2) is 5.63. The van der Waals surface area contributed by atoms with Crippen LogP contribution in [0.25, 0.3) is 0 Å². The summed E-state index contributed by atoms with van der Waals surface area (Å²) in [5, 5.41) is 2.68. The fourth-order valence-corrected chi connectivity index (χ4v) is 2.21. The van der Waals surface area contributed by atoms with Crippen molar-refractivity contribution >= 4 is 28.8 Å². The molecule has 6 heteroatoms. The first kappa shape index (κ1) is 13.9. The minimum Gasteiger partial charge on any atom is -0.389 e. The number of hydrogen-bond donors (Lipinski definition) is 2. The van der Waals surface area contributed by atoms with Gasteiger partial charge in [0, 0.05) is 5.56 Å². The minimum absolute atomic E-state index is 0.0375. The molecule has 1 amide bonds. The van der Waals surface area contributed by atoms with Crippen LogP contribution in [-0.4, -0.2) is 23.1 Å². The standard InChI is InChI=1S/C13H15FN2O2S/c1-7-2-5-11(18-7)13(17)16-10-4-3-8(14)6-9(10)12(15)19/h3-4,6-7,11H,2,5H2,1H3,(H2,15,19)(H,16,17). The highest BCUT2D eigenvalue weighted by Crippen LogP contribution is 2.22. The van der Waals surface area contributed by atoms with E-state index in [0.717, 1.165) is 6.42 Å². The molecule has 1 aliphatic heterocycles. The maximum Gasteiger partial charge on any atom is 0.253 e. The van der Waals surface area contributed by atoms with Gasteiger partial charge in [0.05, 0.1) is 11.8 Å². The Labute approximate surface area is 116 Å². The number of carbonyl (C=O) groups is 1. The van der Waals surface area contributed by atoms with E-state index in [1.165, 1.54) is 18.2 Å². The molecule has 1 heterocycles. The molecule has 1 fully saturated rings. The molecule has 0 spiro atoms. The van der Waals surface area contributed by atoms with E-state index < -0.39 is 11.9 Å². The molecule has 0 aliphatic carbocycles. The molecular formula is C13H15FN2O2S. The van der Waals surface area contributed by atoms with Crippen LogP contribution in [0, 0.1) is 5.82 Å². The van der Waals surface area contributed by atoms with Crippen LogP contribution in [0.15, 0.2) is 18.2 Å². The summed E-state index contributed by atoms with van der Waals surface area (Å²) in [6.45, 7) is 1.92. The van der Waals surface area contributed by atoms with Gasteiger partial charge in [0.15, 0.2) is 0 Å². The first-order chi connectivity index (χ1) is 8.97. The van der Waals surface area contributed by atoms with E-state index in [0.29, 0.717) is 17.7 Å². The topological polar surface area (TPSA) is 64.4 Å². The Bertz CT molecular complexity index is 521. The third-order valence-electron chi connectivity index (χ3n) is 3.03. The van der Waals surface area contributed by atoms with Crippen molar-refractivity contribution in [3.05, 3.63) is 29.6 Å². The van der Waals surface area contributed by atoms with E-state index in [2.05, 4.69) is 5.32 Å². The summed E-state index contributed by atoms with van der Waals surface area (Å²) in [4.78, 5) is 12.0. The molecule has 4 nitrogen and oxygen atoms in total. The Morgan fingerprint density at radius 1 is 1.53 bits per heavy atom. The summed E-state index contributed by atoms with van der Waals surface area (Å²) in [6, 6.07) is 3.89. The van der Waals surface area contributed by atoms with Crippen LogP contribution in [0.3, 0.4) is 0 Å². The van der Waals surface area contributed by atoms with Crippen molar-refractivity contribution in [1.82, 2.24) is 0 Å². The maximum absolute atomic E-state index is 13.1. The minimum atomic E-state index is -0.473. The van der Waals surface area contributed by atoms with Gasteiger partial charge >= 0.3 is 0 Å². The molecule has 19 heavy (non-hydrogen) atoms. The molecule has 2 rings (SSSR count). The molecule has 0 aromatic heterocycles. The number of benzene rings is 1. The van der Waals surface area contributed by atoms with E-state index in [9.17, 15) is 9.18 Å². The van der Waals surface area contributed by atoms with Gasteiger partial charge < -0.3 is 15.8 Å². The Hall–Kier alpha value is -1.53. The summed E-state index contributed by atoms with van der Waals surface area (Å²) in [7, 11) is 0. The monoisotopic (exact) mass is 282 g/mol. The Morgan fingerprint density at radius 3 is 2.84 bits per heavy atom. The Balaban J connectivity index is 2.14. The predicted octanol–water partition coefficient (Wildman–Crippen LogP) is 1.97. The highest BCUT2D eigenvalue weighted by Gasteiger charge is 2.28. The van der Waals surface area contributed by atoms with Crippen molar-refractivity contribution in [2.24, 2.45) is 5.73 Å². The largest absolute Gasteiger partial charge is 0.389 e. The van der Waals surface area contributed by atoms with Crippen molar-refractivity contribution in [1.29, 1.82) is 0 Å². The fraction of sp³-hybridized carbons (Fsp3) is 0.385. The molecule has 1 aromatic rings. The molecule has 1 saturated heterocycles. The average Bonchev–Trinajstić information content (AvgIpc) is 2.78. The summed E-state index contributed by atoms with van der Waals surface area (Å²) >= 11 is 4.84. The second-order valence-electron chi connectivity index (χ2n) is 4.56. The molecule has 3 N–H and O–H groups in total. The zero-order valence-electron chi connectivity index (χ0n) is 10.5. The van der Waals surface area contributed by atoms with Crippen molar-refractivity contribution < 1.29 is 13.9 Å². The molecule has 0 bridgehead atoms. The lowest BCUT2D eigenvalue weighted by molar-refractivity contribution is -0.126. The molecule has 1 aliphatic rings. The quantitative estimate of drug-likeness (QED) is 0.832. The first-order valence-corrected chi connectivity index (χ1v) is 6.44. The third kappa shape index (κ3) is 3.27. The van der Waals surface area contributed by atoms with Gasteiger partial charge in [-0.3, -0.25) is 4.79 Å². The van der Waals surface area contributed by atoms with Gasteiger partial charge in [-0.15, -0.1) is 0 Å². The predicted molar refractivity (Wildman–Crippen MR) is 74.5 cm³/mol. The second-order valence-corrected chi connectivity index (χ2v) is 5.00. The highest BCUT2D eigenvalue weighted by molar-refractivity contribution is 7.80. The fourth-order valence-electron chi connectivity index (χ4n) is 2.04. The van der Waals surface area contributed by atoms with E-state index in [1.807, 2.05) is 6.92 Å². The molecule has 102 valence electrons. The van der Waals surface area contributed by atoms with Crippen molar-refractivity contribution in [2.45, 2.75) is 32.0 Å². The smallest absolute Gasteiger partial charge is 0.253 e. The third-order valence-corrected chi connectivity index (χ3v) is 3.25. The number of ether oxygens (including phenoxy) is 1. The zero-order chi connectivity index (χ0) is 14.0. The number of anilines is 1. The van der Waals surface area contributed by atoms with Crippen LogP contribution in [-0.2, 0) is 9.53 Å². The summed E-state index contributed by atoms with van der Waals surface area (Å²) < 4.78 is 18.6. The van der Waals surface area contributed by atoms with E-state index in [4.69, 9.17) is 22.7 Å². The molecule has 1 aromatic carbocycles. The van der Waals surface area contributed by atoms with E-state index >= 15 is 0 Å². The van der Waals surface area contributed by atoms with Crippen molar-refractivity contribution in [3.8, 4) is 0 Å². The number of nitrogens with two attached hydrogens (primary N) is 1. The van der Waals surface area contributed by atoms with E-state index in [-0.39, 0.29) is 17.0 Å². The first-order valence-electron chi connectivity index (χ1n) is 6.03. The summed E-state index contributed by atoms with van der Waals surface area (Å²) in [5.41, 5.74) is 6.24. The van der Waals surface area contributed by atoms with Crippen LogP contribution in [0.4, 0.5) is 10.1 Å². The van der Waals surface area contributed by atoms with Gasteiger partial charge in [-0.05, 0) is 38.0 Å². The molecule has 2 unspecified atom stereocenters. The SMILES string of the molecule is CC1CCC(C(=O)Nc2ccc(F)cc2C(N)=S)O1. The number of thiocarbonyl (C=S) groups is 1. The van der Waals surface area contributed by atoms with Crippen LogP contribution >= 0.6 is 12.2 Å². The van der Waals surface area contributed by atoms with Gasteiger partial charge in [-0.25, -0.2) is 4.39 Å². The number of halogens is 1. The Kier molecular flexibility index (Phi) is 4.11. The van der Waals surface area contributed by atoms with Gasteiger partial charge in [0.25, 0.3) is 5.91 Å². The van der Waals surface area contributed by atoms with Crippen LogP contribution in [0.1, 0.15) is 25.3 Å². The number of amides is 1. The van der Waals surface area contributed by atoms with Crippen LogP contribution in [0.5, 0.6) is 0 Å². The van der Waals surface area contributed by atoms with Gasteiger partial charge in [0.2, 0.25) is 0 Å². The van der Waals surface area contributed by atoms with Crippen molar-refractivity contribution in [3.63, 3.8) is 0 Å². The molecular weight excluding hydrogens is 267 g/mol. The summed E-state index contributed by atoms with van der Waals surface area (Å²) in [6.07, 6.45) is 1.14. The molecule has 0 saturated carbocycles. The van der Waals surface area contributed by atoms with Gasteiger partial charge in [-0.1, -0.05) is 12.2 Å². The zero-order valence-corrected chi connectivity index (χ0v) is 11.3. The van der Waals surface area contributed by atoms with Gasteiger partial charge in [0.1, 0.15) is 16.9 Å². The van der Waals surface area contributed by atoms with Crippen LogP contribution in [0.2, 0.25) is 0 Å². The Morgan fingerprint density at radius 2 is 2.26 bits per heavy atom. The average molecular weight is 282 g/mol. The van der Waals surface area contributed by atoms with E-state index in [1.54, 1.807) is 0 Å². The lowest BCUT2D eigenvalue weighted by Crippen LogP contribution is -2.28. The number of hydrogen-bond acceptors (Lipinski definition) is 3. The number of nitrogens with one attached hydrogen (secondary N) is 1. The van der Waals surface area contributed by atoms with Crippen molar-refractivity contribution in [2.75, 3.05) is 5.32 Å². The molecule has 2 atom stereocenters. The lowest BCUT2D eigenvalue weighted by Gasteiger charge is -2.14. The highest BCUT2D eigenvalue weighted by atomic mass is 32.1. The van der Waals surface area contributed by atoms with Gasteiger partial charge in [-0.2, -0.15) is 0 Å². The maximum atomic E-state index is 13.1. The van der Waals surface area contributed by atoms with Crippen LogP contribution < -0.4 is 11.1 Å². The number of carbonyl (C=O) groups excluding carboxylic acids is 1. The number of rotatable bonds is 3.